The smallest absolute Gasteiger partial charge is 0.243 e. The van der Waals surface area contributed by atoms with Gasteiger partial charge in [-0.25, -0.2) is 8.42 Å². The zero-order valence-corrected chi connectivity index (χ0v) is 18.8. The lowest BCUT2D eigenvalue weighted by Gasteiger charge is -2.30. The summed E-state index contributed by atoms with van der Waals surface area (Å²) in [5.41, 5.74) is 0.755. The number of piperidine rings is 1. The monoisotopic (exact) mass is 449 g/mol. The number of hydrogen-bond donors (Lipinski definition) is 0. The Labute approximate surface area is 184 Å². The molecule has 0 aliphatic carbocycles. The number of aryl methyl sites for hydroxylation is 1. The average molecular weight is 450 g/mol. The van der Waals surface area contributed by atoms with Crippen molar-refractivity contribution in [1.29, 1.82) is 0 Å². The zero-order valence-electron chi connectivity index (χ0n) is 18.0. The molecule has 0 N–H and O–H groups in total. The second-order valence-electron chi connectivity index (χ2n) is 8.40. The topological polar surface area (TPSA) is 94.8 Å². The van der Waals surface area contributed by atoms with E-state index in [1.807, 2.05) is 19.1 Å². The first-order chi connectivity index (χ1) is 15.0. The molecule has 9 heteroatoms. The van der Waals surface area contributed by atoms with Crippen molar-refractivity contribution < 1.29 is 22.4 Å². The quantitative estimate of drug-likeness (QED) is 0.572. The van der Waals surface area contributed by atoms with Gasteiger partial charge in [0.2, 0.25) is 15.9 Å². The summed E-state index contributed by atoms with van der Waals surface area (Å²) < 4.78 is 44.4. The van der Waals surface area contributed by atoms with Crippen LogP contribution in [0.25, 0.3) is 0 Å². The van der Waals surface area contributed by atoms with Crippen LogP contribution < -0.4 is 0 Å². The van der Waals surface area contributed by atoms with Crippen LogP contribution in [0.4, 0.5) is 0 Å². The first kappa shape index (κ1) is 22.4. The maximum absolute atomic E-state index is 13.1. The van der Waals surface area contributed by atoms with Gasteiger partial charge in [0.05, 0.1) is 17.4 Å². The van der Waals surface area contributed by atoms with Gasteiger partial charge in [-0.1, -0.05) is 23.4 Å². The molecule has 1 atom stereocenters. The van der Waals surface area contributed by atoms with Crippen LogP contribution in [-0.4, -0.2) is 62.4 Å². The Morgan fingerprint density at radius 3 is 2.81 bits per heavy atom. The summed E-state index contributed by atoms with van der Waals surface area (Å²) >= 11 is 0. The van der Waals surface area contributed by atoms with Gasteiger partial charge >= 0.3 is 0 Å². The molecule has 2 saturated heterocycles. The molecule has 8 nitrogen and oxygen atoms in total. The van der Waals surface area contributed by atoms with E-state index in [0.717, 1.165) is 51.1 Å². The molecule has 0 amide bonds. The van der Waals surface area contributed by atoms with Crippen molar-refractivity contribution in [3.63, 3.8) is 0 Å². The van der Waals surface area contributed by atoms with Gasteiger partial charge in [0, 0.05) is 39.3 Å². The fraction of sp³-hybridized carbons (Fsp3) is 0.636. The highest BCUT2D eigenvalue weighted by atomic mass is 32.2. The van der Waals surface area contributed by atoms with Crippen LogP contribution in [0.2, 0.25) is 0 Å². The Morgan fingerprint density at radius 2 is 2.00 bits per heavy atom. The SMILES string of the molecule is Cc1ccccc1S(=O)(=O)N1CCCC(c2nc(CCOCC3CCOCC3)no2)C1. The summed E-state index contributed by atoms with van der Waals surface area (Å²) in [7, 11) is -3.54. The molecule has 1 aromatic heterocycles. The van der Waals surface area contributed by atoms with Crippen molar-refractivity contribution in [2.75, 3.05) is 39.5 Å². The van der Waals surface area contributed by atoms with Crippen LogP contribution in [0.1, 0.15) is 48.9 Å². The predicted octanol–water partition coefficient (Wildman–Crippen LogP) is 2.93. The Hall–Kier alpha value is -1.81. The lowest BCUT2D eigenvalue weighted by molar-refractivity contribution is 0.0211. The first-order valence-corrected chi connectivity index (χ1v) is 12.5. The maximum atomic E-state index is 13.1. The summed E-state index contributed by atoms with van der Waals surface area (Å²) in [5, 5.41) is 4.08. The van der Waals surface area contributed by atoms with Gasteiger partial charge in [-0.15, -0.1) is 0 Å². The molecular formula is C22H31N3O5S. The van der Waals surface area contributed by atoms with Gasteiger partial charge < -0.3 is 14.0 Å². The lowest BCUT2D eigenvalue weighted by atomic mass is 10.00. The number of ether oxygens (including phenoxy) is 2. The molecule has 1 aromatic carbocycles. The molecule has 2 aromatic rings. The first-order valence-electron chi connectivity index (χ1n) is 11.1. The molecule has 3 heterocycles. The third kappa shape index (κ3) is 5.52. The number of nitrogens with zero attached hydrogens (tertiary/aromatic N) is 3. The van der Waals surface area contributed by atoms with E-state index in [1.165, 1.54) is 0 Å². The van der Waals surface area contributed by atoms with Crippen LogP contribution in [-0.2, 0) is 25.9 Å². The Morgan fingerprint density at radius 1 is 1.19 bits per heavy atom. The van der Waals surface area contributed by atoms with E-state index in [1.54, 1.807) is 16.4 Å². The number of rotatable bonds is 8. The van der Waals surface area contributed by atoms with Crippen LogP contribution in [0.3, 0.4) is 0 Å². The van der Waals surface area contributed by atoms with Crippen LogP contribution in [0.15, 0.2) is 33.7 Å². The highest BCUT2D eigenvalue weighted by Gasteiger charge is 2.34. The third-order valence-electron chi connectivity index (χ3n) is 6.09. The summed E-state index contributed by atoms with van der Waals surface area (Å²) in [6, 6.07) is 7.10. The number of hydrogen-bond acceptors (Lipinski definition) is 7. The van der Waals surface area contributed by atoms with Crippen molar-refractivity contribution in [3.05, 3.63) is 41.5 Å². The normalized spacial score (nSPS) is 21.4. The van der Waals surface area contributed by atoms with Crippen molar-refractivity contribution >= 4 is 10.0 Å². The van der Waals surface area contributed by atoms with Gasteiger partial charge in [-0.3, -0.25) is 0 Å². The second-order valence-corrected chi connectivity index (χ2v) is 10.3. The van der Waals surface area contributed by atoms with Crippen LogP contribution >= 0.6 is 0 Å². The predicted molar refractivity (Wildman–Crippen MR) is 114 cm³/mol. The second kappa shape index (κ2) is 10.2. The van der Waals surface area contributed by atoms with Crippen LogP contribution in [0, 0.1) is 12.8 Å². The summed E-state index contributed by atoms with van der Waals surface area (Å²) in [6.07, 6.45) is 4.29. The van der Waals surface area contributed by atoms with Crippen molar-refractivity contribution in [2.24, 2.45) is 5.92 Å². The van der Waals surface area contributed by atoms with E-state index in [2.05, 4.69) is 10.1 Å². The van der Waals surface area contributed by atoms with E-state index in [-0.39, 0.29) is 5.92 Å². The molecule has 2 fully saturated rings. The fourth-order valence-corrected chi connectivity index (χ4v) is 5.96. The molecule has 0 saturated carbocycles. The molecule has 0 bridgehead atoms. The minimum atomic E-state index is -3.54. The lowest BCUT2D eigenvalue weighted by Crippen LogP contribution is -2.39. The maximum Gasteiger partial charge on any atom is 0.243 e. The summed E-state index contributed by atoms with van der Waals surface area (Å²) in [5.74, 6) is 1.61. The highest BCUT2D eigenvalue weighted by molar-refractivity contribution is 7.89. The molecular weight excluding hydrogens is 418 g/mol. The Balaban J connectivity index is 1.32. The molecule has 2 aliphatic heterocycles. The van der Waals surface area contributed by atoms with E-state index < -0.39 is 10.0 Å². The molecule has 170 valence electrons. The largest absolute Gasteiger partial charge is 0.381 e. The van der Waals surface area contributed by atoms with E-state index in [0.29, 0.717) is 48.6 Å². The average Bonchev–Trinajstić information content (AvgIpc) is 3.27. The minimum Gasteiger partial charge on any atom is -0.381 e. The molecule has 0 spiro atoms. The highest BCUT2D eigenvalue weighted by Crippen LogP contribution is 2.30. The Kier molecular flexibility index (Phi) is 7.37. The molecule has 31 heavy (non-hydrogen) atoms. The molecule has 0 radical (unpaired) electrons. The van der Waals surface area contributed by atoms with Gasteiger partial charge in [-0.2, -0.15) is 9.29 Å². The standard InChI is InChI=1S/C22H31N3O5S/c1-17-5-2-3-7-20(17)31(26,27)25-11-4-6-19(15-25)22-23-21(24-30-22)10-14-29-16-18-8-12-28-13-9-18/h2-3,5,7,18-19H,4,6,8-16H2,1H3. The van der Waals surface area contributed by atoms with Gasteiger partial charge in [-0.05, 0) is 50.2 Å². The molecule has 4 rings (SSSR count). The van der Waals surface area contributed by atoms with E-state index >= 15 is 0 Å². The number of aromatic nitrogens is 2. The molecule has 2 aliphatic rings. The van der Waals surface area contributed by atoms with E-state index in [9.17, 15) is 8.42 Å². The number of benzene rings is 1. The van der Waals surface area contributed by atoms with Crippen molar-refractivity contribution in [3.8, 4) is 0 Å². The number of sulfonamides is 1. The van der Waals surface area contributed by atoms with E-state index in [4.69, 9.17) is 14.0 Å². The van der Waals surface area contributed by atoms with Gasteiger partial charge in [0.1, 0.15) is 0 Å². The van der Waals surface area contributed by atoms with Crippen molar-refractivity contribution in [1.82, 2.24) is 14.4 Å². The van der Waals surface area contributed by atoms with Gasteiger partial charge in [0.15, 0.2) is 5.82 Å². The molecule has 1 unspecified atom stereocenters. The van der Waals surface area contributed by atoms with Gasteiger partial charge in [0.25, 0.3) is 0 Å². The zero-order chi connectivity index (χ0) is 21.7. The Bertz CT molecular complexity index is 956. The fourth-order valence-electron chi connectivity index (χ4n) is 4.21. The summed E-state index contributed by atoms with van der Waals surface area (Å²) in [6.45, 7) is 5.62. The summed E-state index contributed by atoms with van der Waals surface area (Å²) in [4.78, 5) is 4.89. The third-order valence-corrected chi connectivity index (χ3v) is 8.12. The van der Waals surface area contributed by atoms with Crippen LogP contribution in [0.5, 0.6) is 0 Å². The minimum absolute atomic E-state index is 0.0862. The van der Waals surface area contributed by atoms with Crippen molar-refractivity contribution in [2.45, 2.75) is 49.8 Å².